The Morgan fingerprint density at radius 3 is 0.867 bits per heavy atom. The number of benzene rings is 13. The first-order valence-corrected chi connectivity index (χ1v) is 33.4. The molecule has 0 spiro atoms. The van der Waals surface area contributed by atoms with Gasteiger partial charge in [-0.25, -0.2) is 29.9 Å². The van der Waals surface area contributed by atoms with Crippen LogP contribution in [0.2, 0.25) is 0 Å². The highest BCUT2D eigenvalue weighted by atomic mass is 15.1. The Morgan fingerprint density at radius 2 is 0.510 bits per heavy atom. The summed E-state index contributed by atoms with van der Waals surface area (Å²) in [7, 11) is 0. The summed E-state index contributed by atoms with van der Waals surface area (Å²) in [6, 6.07) is 104. The summed E-state index contributed by atoms with van der Waals surface area (Å²) in [5, 5.41) is 4.70. The predicted octanol–water partition coefficient (Wildman–Crippen LogP) is 22.8. The van der Waals surface area contributed by atoms with Crippen LogP contribution < -0.4 is 0 Å². The number of para-hydroxylation sites is 2. The summed E-state index contributed by atoms with van der Waals surface area (Å²) in [4.78, 5) is 32.2. The molecule has 466 valence electrons. The van der Waals surface area contributed by atoms with Gasteiger partial charge >= 0.3 is 0 Å². The lowest BCUT2D eigenvalue weighted by molar-refractivity contribution is 1.07. The molecule has 17 rings (SSSR count). The minimum atomic E-state index is 0.549. The molecule has 0 amide bonds. The second-order valence-electron chi connectivity index (χ2n) is 25.8. The lowest BCUT2D eigenvalue weighted by Crippen LogP contribution is -2.03. The largest absolute Gasteiger partial charge is 0.309 e. The molecule has 0 fully saturated rings. The fourth-order valence-corrected chi connectivity index (χ4v) is 15.0. The summed E-state index contributed by atoms with van der Waals surface area (Å²) in [5.74, 6) is 3.42. The molecule has 0 aliphatic carbocycles. The van der Waals surface area contributed by atoms with Crippen molar-refractivity contribution in [1.29, 1.82) is 0 Å². The average Bonchev–Trinajstić information content (AvgIpc) is 1.53. The van der Waals surface area contributed by atoms with Gasteiger partial charge in [-0.1, -0.05) is 236 Å². The van der Waals surface area contributed by atoms with Crippen LogP contribution in [0.1, 0.15) is 33.4 Å². The number of hydrogen-bond acceptors (Lipinski definition) is 6. The first-order valence-electron chi connectivity index (χ1n) is 33.4. The van der Waals surface area contributed by atoms with Crippen molar-refractivity contribution >= 4 is 43.6 Å². The standard InChI is InChI=1S/C90H66N8/c1-55-46-57(3)83(58(4)47-55)67-38-44-81-75(51-67)73-34-19-21-36-79(73)97(81)69-40-42-71(77(53-69)89-93-85(61-24-11-7-12-25-61)91-86(94-89)62-26-13-8-14-27-62)65-32-23-33-66(50-65)72-43-41-70(54-78(72)90-95-87(63-28-15-9-16-29-63)92-88(96-90)64-30-17-10-18-31-64)98-80-37-22-20-35-74(80)76-52-68(39-45-82(76)98)84-59(5)48-56(2)49-60(84)6/h7-54H,1-6H3. The van der Waals surface area contributed by atoms with E-state index in [4.69, 9.17) is 29.9 Å². The van der Waals surface area contributed by atoms with Gasteiger partial charge in [-0.15, -0.1) is 0 Å². The number of nitrogens with zero attached hydrogens (tertiary/aromatic N) is 8. The Balaban J connectivity index is 0.890. The molecule has 0 saturated carbocycles. The summed E-state index contributed by atoms with van der Waals surface area (Å²) in [5.41, 5.74) is 28.0. The van der Waals surface area contributed by atoms with Crippen molar-refractivity contribution in [2.75, 3.05) is 0 Å². The molecule has 98 heavy (non-hydrogen) atoms. The molecular weight excluding hydrogens is 1190 g/mol. The van der Waals surface area contributed by atoms with E-state index in [-0.39, 0.29) is 0 Å². The van der Waals surface area contributed by atoms with Crippen molar-refractivity contribution in [1.82, 2.24) is 39.0 Å². The molecule has 0 aliphatic heterocycles. The van der Waals surface area contributed by atoms with Crippen LogP contribution in [-0.2, 0) is 0 Å². The molecule has 0 atom stereocenters. The fourth-order valence-electron chi connectivity index (χ4n) is 15.0. The number of rotatable bonds is 12. The molecule has 0 N–H and O–H groups in total. The number of hydrogen-bond donors (Lipinski definition) is 0. The molecule has 4 heterocycles. The van der Waals surface area contributed by atoms with Crippen molar-refractivity contribution in [3.05, 3.63) is 325 Å². The molecule has 0 radical (unpaired) electrons. The Kier molecular flexibility index (Phi) is 14.7. The quantitative estimate of drug-likeness (QED) is 0.121. The van der Waals surface area contributed by atoms with Gasteiger partial charge in [0.25, 0.3) is 0 Å². The van der Waals surface area contributed by atoms with E-state index in [1.54, 1.807) is 0 Å². The molecule has 4 aromatic heterocycles. The average molecular weight is 1260 g/mol. The van der Waals surface area contributed by atoms with Crippen molar-refractivity contribution in [3.63, 3.8) is 0 Å². The van der Waals surface area contributed by atoms with Crippen LogP contribution in [0.5, 0.6) is 0 Å². The highest BCUT2D eigenvalue weighted by molar-refractivity contribution is 6.12. The van der Waals surface area contributed by atoms with Gasteiger partial charge in [0, 0.05) is 66.3 Å². The predicted molar refractivity (Wildman–Crippen MR) is 405 cm³/mol. The van der Waals surface area contributed by atoms with Crippen LogP contribution in [0.4, 0.5) is 0 Å². The Hall–Kier alpha value is -12.5. The second-order valence-corrected chi connectivity index (χ2v) is 25.8. The van der Waals surface area contributed by atoms with Gasteiger partial charge in [0.2, 0.25) is 0 Å². The van der Waals surface area contributed by atoms with Crippen LogP contribution in [-0.4, -0.2) is 39.0 Å². The molecule has 8 nitrogen and oxygen atoms in total. The normalized spacial score (nSPS) is 11.6. The van der Waals surface area contributed by atoms with E-state index in [0.717, 1.165) is 89.1 Å². The van der Waals surface area contributed by atoms with Gasteiger partial charge in [0.1, 0.15) is 0 Å². The van der Waals surface area contributed by atoms with Gasteiger partial charge in [-0.05, 0) is 175 Å². The van der Waals surface area contributed by atoms with Gasteiger partial charge in [0.15, 0.2) is 34.9 Å². The maximum atomic E-state index is 5.45. The molecule has 0 bridgehead atoms. The summed E-state index contributed by atoms with van der Waals surface area (Å²) >= 11 is 0. The zero-order chi connectivity index (χ0) is 66.1. The third kappa shape index (κ3) is 10.6. The third-order valence-electron chi connectivity index (χ3n) is 19.2. The maximum Gasteiger partial charge on any atom is 0.164 e. The lowest BCUT2D eigenvalue weighted by Gasteiger charge is -2.18. The van der Waals surface area contributed by atoms with Gasteiger partial charge in [-0.2, -0.15) is 0 Å². The van der Waals surface area contributed by atoms with E-state index in [0.29, 0.717) is 34.9 Å². The highest BCUT2D eigenvalue weighted by Crippen LogP contribution is 2.44. The zero-order valence-corrected chi connectivity index (χ0v) is 55.3. The number of aromatic nitrogens is 8. The molecule has 0 unspecified atom stereocenters. The monoisotopic (exact) mass is 1260 g/mol. The zero-order valence-electron chi connectivity index (χ0n) is 55.3. The van der Waals surface area contributed by atoms with Gasteiger partial charge in [0.05, 0.1) is 22.1 Å². The molecule has 0 saturated heterocycles. The smallest absolute Gasteiger partial charge is 0.164 e. The Bertz CT molecular complexity index is 5460. The van der Waals surface area contributed by atoms with Gasteiger partial charge in [-0.3, -0.25) is 0 Å². The molecular formula is C90H66N8. The van der Waals surface area contributed by atoms with Crippen molar-refractivity contribution in [3.8, 4) is 124 Å². The molecule has 0 aliphatic rings. The van der Waals surface area contributed by atoms with E-state index < -0.39 is 0 Å². The fraction of sp³-hybridized carbons (Fsp3) is 0.0667. The van der Waals surface area contributed by atoms with Crippen LogP contribution in [0.25, 0.3) is 168 Å². The van der Waals surface area contributed by atoms with Gasteiger partial charge < -0.3 is 9.13 Å². The Labute approximate surface area is 569 Å². The first-order chi connectivity index (χ1) is 48.0. The van der Waals surface area contributed by atoms with E-state index in [9.17, 15) is 0 Å². The van der Waals surface area contributed by atoms with E-state index in [1.807, 2.05) is 72.8 Å². The van der Waals surface area contributed by atoms with E-state index >= 15 is 0 Å². The lowest BCUT2D eigenvalue weighted by atomic mass is 9.92. The van der Waals surface area contributed by atoms with Crippen molar-refractivity contribution < 1.29 is 0 Å². The van der Waals surface area contributed by atoms with E-state index in [1.165, 1.54) is 77.2 Å². The molecule has 17 aromatic rings. The summed E-state index contributed by atoms with van der Waals surface area (Å²) < 4.78 is 4.78. The molecule has 13 aromatic carbocycles. The second kappa shape index (κ2) is 24.4. The summed E-state index contributed by atoms with van der Waals surface area (Å²) in [6.45, 7) is 13.2. The number of fused-ring (bicyclic) bond motifs is 6. The Morgan fingerprint density at radius 1 is 0.204 bits per heavy atom. The third-order valence-corrected chi connectivity index (χ3v) is 19.2. The van der Waals surface area contributed by atoms with Crippen LogP contribution >= 0.6 is 0 Å². The van der Waals surface area contributed by atoms with E-state index in [2.05, 4.69) is 269 Å². The maximum absolute atomic E-state index is 5.45. The summed E-state index contributed by atoms with van der Waals surface area (Å²) in [6.07, 6.45) is 0. The highest BCUT2D eigenvalue weighted by Gasteiger charge is 2.24. The topological polar surface area (TPSA) is 87.2 Å². The van der Waals surface area contributed by atoms with Crippen molar-refractivity contribution in [2.24, 2.45) is 0 Å². The van der Waals surface area contributed by atoms with Crippen LogP contribution in [0.3, 0.4) is 0 Å². The first kappa shape index (κ1) is 59.2. The van der Waals surface area contributed by atoms with Crippen molar-refractivity contribution in [2.45, 2.75) is 41.5 Å². The molecule has 8 heteroatoms. The minimum Gasteiger partial charge on any atom is -0.309 e. The SMILES string of the molecule is Cc1cc(C)c(-c2ccc3c(c2)c2ccccc2n3-c2ccc(-c3cccc(-c4ccc(-n5c6ccccc6c6cc(-c7c(C)cc(C)cc7C)ccc65)cc4-c4nc(-c5ccccc5)nc(-c5ccccc5)n4)c3)c(-c3nc(-c4ccccc4)nc(-c4ccccc4)n3)c2)c(C)c1. The van der Waals surface area contributed by atoms with Crippen LogP contribution in [0, 0.1) is 41.5 Å². The van der Waals surface area contributed by atoms with Crippen LogP contribution in [0.15, 0.2) is 291 Å². The number of aryl methyl sites for hydroxylation is 6. The minimum absolute atomic E-state index is 0.549.